The summed E-state index contributed by atoms with van der Waals surface area (Å²) in [6.07, 6.45) is 1.77. The van der Waals surface area contributed by atoms with Crippen molar-refractivity contribution in [3.05, 3.63) is 71.3 Å². The van der Waals surface area contributed by atoms with E-state index in [0.29, 0.717) is 11.3 Å². The van der Waals surface area contributed by atoms with Crippen molar-refractivity contribution in [1.29, 1.82) is 0 Å². The van der Waals surface area contributed by atoms with Crippen LogP contribution in [0.4, 0.5) is 4.39 Å². The molecule has 0 spiro atoms. The quantitative estimate of drug-likeness (QED) is 0.321. The molecule has 0 atom stereocenters. The molecule has 2 N–H and O–H groups in total. The predicted octanol–water partition coefficient (Wildman–Crippen LogP) is 6.12. The van der Waals surface area contributed by atoms with E-state index < -0.39 is 5.97 Å². The molecule has 176 valence electrons. The summed E-state index contributed by atoms with van der Waals surface area (Å²) < 4.78 is 19.4. The van der Waals surface area contributed by atoms with Crippen molar-refractivity contribution < 1.29 is 19.0 Å². The summed E-state index contributed by atoms with van der Waals surface area (Å²) in [5, 5.41) is 18.5. The lowest BCUT2D eigenvalue weighted by molar-refractivity contribution is 0.0689. The molecule has 0 radical (unpaired) electrons. The molecule has 0 fully saturated rings. The lowest BCUT2D eigenvalue weighted by Crippen LogP contribution is -2.06. The van der Waals surface area contributed by atoms with Crippen molar-refractivity contribution in [3.8, 4) is 28.3 Å². The number of rotatable bonds is 5. The summed E-state index contributed by atoms with van der Waals surface area (Å²) in [4.78, 5) is 20.8. The number of benzene rings is 2. The zero-order valence-electron chi connectivity index (χ0n) is 19.7. The van der Waals surface area contributed by atoms with Crippen LogP contribution in [0.25, 0.3) is 44.2 Å². The van der Waals surface area contributed by atoms with Gasteiger partial charge in [0.25, 0.3) is 0 Å². The number of H-pyrrole nitrogens is 1. The van der Waals surface area contributed by atoms with Gasteiger partial charge in [0.2, 0.25) is 5.88 Å². The number of pyridine rings is 2. The van der Waals surface area contributed by atoms with Crippen molar-refractivity contribution in [1.82, 2.24) is 20.2 Å². The molecule has 0 saturated carbocycles. The van der Waals surface area contributed by atoms with Crippen LogP contribution in [-0.4, -0.2) is 38.4 Å². The fourth-order valence-corrected chi connectivity index (χ4v) is 4.61. The van der Waals surface area contributed by atoms with Gasteiger partial charge in [-0.25, -0.2) is 19.2 Å². The molecular formula is C27H23FN4O3. The summed E-state index contributed by atoms with van der Waals surface area (Å²) in [5.74, 6) is -1.27. The van der Waals surface area contributed by atoms with Crippen molar-refractivity contribution in [2.75, 3.05) is 7.11 Å². The van der Waals surface area contributed by atoms with Gasteiger partial charge >= 0.3 is 5.97 Å². The third kappa shape index (κ3) is 3.67. The molecule has 0 aliphatic rings. The highest BCUT2D eigenvalue weighted by molar-refractivity contribution is 6.07. The number of aromatic nitrogens is 4. The summed E-state index contributed by atoms with van der Waals surface area (Å²) in [5.41, 5.74) is 6.35. The van der Waals surface area contributed by atoms with Crippen LogP contribution in [0.15, 0.2) is 48.7 Å². The maximum Gasteiger partial charge on any atom is 0.354 e. The Bertz CT molecular complexity index is 1610. The van der Waals surface area contributed by atoms with E-state index in [9.17, 15) is 14.3 Å². The zero-order chi connectivity index (χ0) is 24.9. The lowest BCUT2D eigenvalue weighted by Gasteiger charge is -2.22. The molecule has 3 heterocycles. The van der Waals surface area contributed by atoms with Crippen molar-refractivity contribution in [3.63, 3.8) is 0 Å². The number of nitrogens with one attached hydrogen (secondary N) is 1. The Morgan fingerprint density at radius 3 is 2.51 bits per heavy atom. The first kappa shape index (κ1) is 22.5. The number of hydrogen-bond donors (Lipinski definition) is 2. The van der Waals surface area contributed by atoms with E-state index in [4.69, 9.17) is 9.72 Å². The highest BCUT2D eigenvalue weighted by atomic mass is 19.1. The largest absolute Gasteiger partial charge is 0.480 e. The minimum absolute atomic E-state index is 0.0196. The Hall–Kier alpha value is -4.33. The summed E-state index contributed by atoms with van der Waals surface area (Å²) in [6, 6.07) is 11.6. The van der Waals surface area contributed by atoms with Crippen LogP contribution in [0.3, 0.4) is 0 Å². The maximum atomic E-state index is 13.9. The average Bonchev–Trinajstić information content (AvgIpc) is 3.32. The average molecular weight is 471 g/mol. The summed E-state index contributed by atoms with van der Waals surface area (Å²) >= 11 is 0. The monoisotopic (exact) mass is 470 g/mol. The van der Waals surface area contributed by atoms with Crippen LogP contribution in [0.5, 0.6) is 5.88 Å². The molecular weight excluding hydrogens is 447 g/mol. The van der Waals surface area contributed by atoms with Gasteiger partial charge in [-0.2, -0.15) is 5.10 Å². The van der Waals surface area contributed by atoms with E-state index in [1.807, 2.05) is 13.0 Å². The number of aryl methyl sites for hydroxylation is 1. The predicted molar refractivity (Wildman–Crippen MR) is 132 cm³/mol. The normalized spacial score (nSPS) is 11.5. The number of carboxylic acid groups (broad SMARTS) is 1. The van der Waals surface area contributed by atoms with Crippen LogP contribution >= 0.6 is 0 Å². The van der Waals surface area contributed by atoms with E-state index >= 15 is 0 Å². The van der Waals surface area contributed by atoms with Gasteiger partial charge in [-0.05, 0) is 59.9 Å². The minimum Gasteiger partial charge on any atom is -0.480 e. The lowest BCUT2D eigenvalue weighted by atomic mass is 9.85. The first-order valence-electron chi connectivity index (χ1n) is 11.1. The third-order valence-corrected chi connectivity index (χ3v) is 6.21. The molecule has 35 heavy (non-hydrogen) atoms. The zero-order valence-corrected chi connectivity index (χ0v) is 19.7. The molecule has 7 nitrogen and oxygen atoms in total. The standard InChI is InChI=1S/C27H23FN4O3/c1-13(2)21-22(15-5-7-17(28)8-6-15)19-11-16-12-29-32-23(16)14(3)24(19)31-25(21)18-9-10-20(27(33)34)30-26(18)35-4/h5-13H,1-4H3,(H,29,32)(H,33,34). The molecule has 2 aromatic carbocycles. The van der Waals surface area contributed by atoms with Crippen molar-refractivity contribution in [2.24, 2.45) is 0 Å². The summed E-state index contributed by atoms with van der Waals surface area (Å²) in [6.45, 7) is 6.11. The Morgan fingerprint density at radius 2 is 1.86 bits per heavy atom. The van der Waals surface area contributed by atoms with Crippen LogP contribution in [0, 0.1) is 12.7 Å². The van der Waals surface area contributed by atoms with Gasteiger partial charge in [0, 0.05) is 16.3 Å². The van der Waals surface area contributed by atoms with E-state index in [2.05, 4.69) is 29.0 Å². The van der Waals surface area contributed by atoms with Gasteiger partial charge in [-0.1, -0.05) is 26.0 Å². The molecule has 0 saturated heterocycles. The first-order chi connectivity index (χ1) is 16.8. The molecule has 5 aromatic rings. The van der Waals surface area contributed by atoms with E-state index in [1.165, 1.54) is 25.3 Å². The van der Waals surface area contributed by atoms with E-state index in [-0.39, 0.29) is 23.3 Å². The van der Waals surface area contributed by atoms with Gasteiger partial charge < -0.3 is 9.84 Å². The molecule has 3 aromatic heterocycles. The second kappa shape index (κ2) is 8.47. The van der Waals surface area contributed by atoms with Gasteiger partial charge in [0.15, 0.2) is 5.69 Å². The van der Waals surface area contributed by atoms with Gasteiger partial charge in [0.05, 0.1) is 35.6 Å². The number of methoxy groups -OCH3 is 1. The molecule has 0 unspecified atom stereocenters. The van der Waals surface area contributed by atoms with Crippen LogP contribution in [-0.2, 0) is 0 Å². The molecule has 0 aliphatic carbocycles. The molecule has 8 heteroatoms. The molecule has 5 rings (SSSR count). The van der Waals surface area contributed by atoms with Crippen LogP contribution < -0.4 is 4.74 Å². The van der Waals surface area contributed by atoms with Gasteiger partial charge in [0.1, 0.15) is 5.82 Å². The topological polar surface area (TPSA) is 101 Å². The maximum absolute atomic E-state index is 13.9. The highest BCUT2D eigenvalue weighted by Crippen LogP contribution is 2.44. The fraction of sp³-hybridized carbons (Fsp3) is 0.185. The number of ether oxygens (including phenoxy) is 1. The number of carboxylic acids is 1. The van der Waals surface area contributed by atoms with Crippen molar-refractivity contribution >= 4 is 27.8 Å². The number of carbonyl (C=O) groups is 1. The fourth-order valence-electron chi connectivity index (χ4n) is 4.61. The number of halogens is 1. The van der Waals surface area contributed by atoms with Gasteiger partial charge in [-0.15, -0.1) is 0 Å². The van der Waals surface area contributed by atoms with E-state index in [0.717, 1.165) is 44.1 Å². The SMILES string of the molecule is COc1nc(C(=O)O)ccc1-c1nc2c(C)c3[nH]ncc3cc2c(-c2ccc(F)cc2)c1C(C)C. The number of nitrogens with zero attached hydrogens (tertiary/aromatic N) is 3. The molecule has 0 aliphatic heterocycles. The van der Waals surface area contributed by atoms with Crippen LogP contribution in [0.1, 0.15) is 41.4 Å². The second-order valence-electron chi connectivity index (χ2n) is 8.70. The van der Waals surface area contributed by atoms with Crippen LogP contribution in [0.2, 0.25) is 0 Å². The molecule has 0 amide bonds. The smallest absolute Gasteiger partial charge is 0.354 e. The van der Waals surface area contributed by atoms with Crippen molar-refractivity contribution in [2.45, 2.75) is 26.7 Å². The summed E-state index contributed by atoms with van der Waals surface area (Å²) in [7, 11) is 1.45. The number of aromatic amines is 1. The first-order valence-corrected chi connectivity index (χ1v) is 11.1. The number of hydrogen-bond acceptors (Lipinski definition) is 5. The number of aromatic carboxylic acids is 1. The second-order valence-corrected chi connectivity index (χ2v) is 8.70. The highest BCUT2D eigenvalue weighted by Gasteiger charge is 2.25. The Morgan fingerprint density at radius 1 is 1.11 bits per heavy atom. The van der Waals surface area contributed by atoms with E-state index in [1.54, 1.807) is 24.4 Å². The Labute approximate surface area is 200 Å². The minimum atomic E-state index is -1.14. The van der Waals surface area contributed by atoms with Gasteiger partial charge in [-0.3, -0.25) is 5.10 Å². The third-order valence-electron chi connectivity index (χ3n) is 6.21. The Balaban J connectivity index is 1.97. The molecule has 0 bridgehead atoms. The Kier molecular flexibility index (Phi) is 5.43. The number of fused-ring (bicyclic) bond motifs is 2.